The van der Waals surface area contributed by atoms with Gasteiger partial charge in [0.1, 0.15) is 59.3 Å². The number of carbonyl (C=O) groups is 14. The fraction of sp³-hybridized carbons (Fsp3) is 0.594. The van der Waals surface area contributed by atoms with E-state index in [2.05, 4.69) is 42.5 Å². The molecule has 38 heteroatoms. The van der Waals surface area contributed by atoms with E-state index in [9.17, 15) is 108 Å². The number of hydrogen-bond acceptors (Lipinski definition) is 29. The third-order valence-corrected chi connectivity index (χ3v) is 19.0. The van der Waals surface area contributed by atoms with Gasteiger partial charge in [0.25, 0.3) is 23.5 Å². The van der Waals surface area contributed by atoms with Gasteiger partial charge in [0.05, 0.1) is 72.6 Å². The number of carboxylic acids is 1. The zero-order valence-corrected chi connectivity index (χ0v) is 61.3. The number of methoxy groups -OCH3 is 1. The minimum atomic E-state index is -2.66. The van der Waals surface area contributed by atoms with Crippen LogP contribution < -0.4 is 63.6 Å². The maximum atomic E-state index is 15.1. The molecule has 38 nitrogen and oxygen atoms in total. The van der Waals surface area contributed by atoms with Crippen LogP contribution in [0.1, 0.15) is 119 Å². The van der Waals surface area contributed by atoms with E-state index in [-0.39, 0.29) is 23.4 Å². The molecule has 1 fully saturated rings. The Morgan fingerprint density at radius 2 is 1.42 bits per heavy atom. The number of carbonyl (C=O) groups excluding carboxylic acids is 13. The van der Waals surface area contributed by atoms with Crippen molar-refractivity contribution in [3.8, 4) is 11.5 Å². The number of aliphatic carboxylic acids is 1. The van der Waals surface area contributed by atoms with E-state index >= 15 is 4.79 Å². The topological polar surface area (TPSA) is 604 Å². The monoisotopic (exact) mass is 1510 g/mol. The van der Waals surface area contributed by atoms with Crippen LogP contribution in [0.25, 0.3) is 0 Å². The Kier molecular flexibility index (Phi) is 31.5. The van der Waals surface area contributed by atoms with Gasteiger partial charge in [-0.15, -0.1) is 0 Å². The number of benzene rings is 1. The number of primary amides is 1. The van der Waals surface area contributed by atoms with E-state index in [1.54, 1.807) is 33.0 Å². The van der Waals surface area contributed by atoms with E-state index in [4.69, 9.17) is 24.7 Å². The van der Waals surface area contributed by atoms with Crippen LogP contribution >= 0.6 is 0 Å². The van der Waals surface area contributed by atoms with Crippen LogP contribution in [0.15, 0.2) is 47.5 Å². The minimum absolute atomic E-state index is 0.0782. The Hall–Kier alpha value is -9.64. The first kappa shape index (κ1) is 88.0. The lowest BCUT2D eigenvalue weighted by molar-refractivity contribution is -0.160. The van der Waals surface area contributed by atoms with Crippen LogP contribution in [-0.4, -0.2) is 266 Å². The Morgan fingerprint density at radius 1 is 0.776 bits per heavy atom. The second-order valence-electron chi connectivity index (χ2n) is 27.3. The highest BCUT2D eigenvalue weighted by molar-refractivity contribution is 6.32. The summed E-state index contributed by atoms with van der Waals surface area (Å²) in [6, 6.07) is -11.5. The number of hydrogen-bond donors (Lipinski definition) is 20. The number of Topliss-reactive ketones (excluding diaryl/α,β-unsaturated/α-hetero) is 4. The second kappa shape index (κ2) is 38.2. The fourth-order valence-electron chi connectivity index (χ4n) is 12.3. The first-order chi connectivity index (χ1) is 50.0. The molecular weight excluding hydrogens is 1410 g/mol. The van der Waals surface area contributed by atoms with Crippen molar-refractivity contribution in [2.24, 2.45) is 41.2 Å². The Morgan fingerprint density at radius 3 is 2.01 bits per heavy atom. The zero-order chi connectivity index (χ0) is 80.7. The van der Waals surface area contributed by atoms with Crippen LogP contribution in [0.4, 0.5) is 0 Å². The first-order valence-electron chi connectivity index (χ1n) is 34.4. The fourth-order valence-corrected chi connectivity index (χ4v) is 12.3. The van der Waals surface area contributed by atoms with E-state index < -0.39 is 282 Å². The number of nitrogens with two attached hydrogens (primary N) is 1. The number of carboxylic acid groups (broad SMARTS) is 1. The highest BCUT2D eigenvalue weighted by Crippen LogP contribution is 2.48. The van der Waals surface area contributed by atoms with E-state index in [0.717, 1.165) is 13.2 Å². The van der Waals surface area contributed by atoms with Gasteiger partial charge >= 0.3 is 17.7 Å². The van der Waals surface area contributed by atoms with Crippen LogP contribution in [0.3, 0.4) is 0 Å². The number of aliphatic hydroxyl groups is 7. The molecule has 20 atom stereocenters. The predicted octanol–water partition coefficient (Wildman–Crippen LogP) is -6.07. The van der Waals surface area contributed by atoms with Gasteiger partial charge in [0.2, 0.25) is 47.1 Å². The molecule has 6 rings (SSSR count). The van der Waals surface area contributed by atoms with Gasteiger partial charge in [0, 0.05) is 94.3 Å². The third-order valence-electron chi connectivity index (χ3n) is 19.0. The summed E-state index contributed by atoms with van der Waals surface area (Å²) in [7, 11) is 1.34. The van der Waals surface area contributed by atoms with E-state index in [1.165, 1.54) is 79.9 Å². The molecule has 0 radical (unpaired) electrons. The molecule has 107 heavy (non-hydrogen) atoms. The van der Waals surface area contributed by atoms with Gasteiger partial charge in [-0.05, 0) is 39.7 Å². The molecule has 11 unspecified atom stereocenters. The normalized spacial score (nSPS) is 31.0. The summed E-state index contributed by atoms with van der Waals surface area (Å²) in [4.78, 5) is 192. The quantitative estimate of drug-likeness (QED) is 0.0392. The van der Waals surface area contributed by atoms with Crippen molar-refractivity contribution in [3.63, 3.8) is 0 Å². The molecule has 4 heterocycles. The maximum absolute atomic E-state index is 15.1. The van der Waals surface area contributed by atoms with E-state index in [0.29, 0.717) is 0 Å². The lowest BCUT2D eigenvalue weighted by Gasteiger charge is -2.38. The van der Waals surface area contributed by atoms with Crippen molar-refractivity contribution >= 4 is 82.3 Å². The highest BCUT2D eigenvalue weighted by atomic mass is 16.7. The smallest absolute Gasteiger partial charge is 0.336 e. The van der Waals surface area contributed by atoms with Crippen LogP contribution in [0, 0.1) is 42.4 Å². The molecule has 592 valence electrons. The number of nitrogens with one attached hydrogen (secondary N) is 10. The van der Waals surface area contributed by atoms with Crippen LogP contribution in [0.5, 0.6) is 11.5 Å². The molecule has 1 aliphatic carbocycles. The zero-order valence-electron chi connectivity index (χ0n) is 61.3. The molecule has 1 aromatic rings. The van der Waals surface area contributed by atoms with Gasteiger partial charge in [-0.25, -0.2) is 4.79 Å². The van der Waals surface area contributed by atoms with Crippen LogP contribution in [0.2, 0.25) is 0 Å². The maximum Gasteiger partial charge on any atom is 0.336 e. The number of aromatic hydroxyl groups is 1. The summed E-state index contributed by atoms with van der Waals surface area (Å²) >= 11 is 0. The minimum Gasteiger partial charge on any atom is -0.507 e. The van der Waals surface area contributed by atoms with Crippen molar-refractivity contribution in [2.45, 2.75) is 180 Å². The second-order valence-corrected chi connectivity index (χ2v) is 27.3. The molecule has 0 saturated carbocycles. The Balaban J connectivity index is 1.48. The van der Waals surface area contributed by atoms with Gasteiger partial charge in [-0.2, -0.15) is 0 Å². The number of rotatable bonds is 17. The first-order valence-corrected chi connectivity index (χ1v) is 34.4. The van der Waals surface area contributed by atoms with Crippen LogP contribution in [-0.2, 0) is 67.0 Å². The lowest BCUT2D eigenvalue weighted by atomic mass is 9.78. The average molecular weight is 1510 g/mol. The number of esters is 1. The van der Waals surface area contributed by atoms with Gasteiger partial charge in [-0.3, -0.25) is 62.3 Å². The number of ketones is 4. The SMILES string of the molecule is CO[C@H]1/C=C/O[C@@]2(C)Oc3c(C)c(O)c4c(c3C2=O)C(=O)C(NCCNC(C)C(=O)NCC2NC(=O)C(C(=O)O)NC(=O)C(O)CNC(=O)C(C(C)O)NCC(C(O)C(O)C(N)=O)NC(=O)C(C(C)C)CC(=O)C(CO)NC2=O)=C(NC(=O)/C(C)=C\C=C\[C@H](C)[C@H](O)[C@@H](C)[C@@H](O)[C@@H](C)[C@H](OC(C)=O)[C@@H]1C)C4=O. The Bertz CT molecular complexity index is 3710. The summed E-state index contributed by atoms with van der Waals surface area (Å²) in [5.41, 5.74) is 1.69. The summed E-state index contributed by atoms with van der Waals surface area (Å²) < 4.78 is 23.5. The van der Waals surface area contributed by atoms with Gasteiger partial charge in [-0.1, -0.05) is 59.8 Å². The van der Waals surface area contributed by atoms with Crippen molar-refractivity contribution in [2.75, 3.05) is 46.4 Å². The number of fused-ring (bicyclic) bond motifs is 14. The number of allylic oxidation sites excluding steroid dienone is 4. The summed E-state index contributed by atoms with van der Waals surface area (Å²) in [6.07, 6.45) is -7.19. The number of amides is 8. The largest absolute Gasteiger partial charge is 0.507 e. The number of ether oxygens (including phenoxy) is 4. The molecule has 21 N–H and O–H groups in total. The predicted molar refractivity (Wildman–Crippen MR) is 371 cm³/mol. The molecule has 1 aromatic carbocycles. The highest BCUT2D eigenvalue weighted by Gasteiger charge is 2.53. The number of phenols is 1. The molecule has 0 aromatic heterocycles. The van der Waals surface area contributed by atoms with Crippen molar-refractivity contribution in [1.29, 1.82) is 0 Å². The molecule has 5 bridgehead atoms. The number of β-amino-alcohol motifs (C(OH)–C–C–N with tert-alkyl or cyclic N) is 1. The number of phenolic OH excluding ortho intramolecular Hbond substituents is 1. The molecule has 0 spiro atoms. The molecule has 8 amide bonds. The summed E-state index contributed by atoms with van der Waals surface area (Å²) in [5, 5.41) is 122. The number of aliphatic hydroxyl groups excluding tert-OH is 7. The lowest BCUT2D eigenvalue weighted by Crippen LogP contribution is -2.62. The third kappa shape index (κ3) is 21.4. The van der Waals surface area contributed by atoms with Gasteiger partial charge < -0.3 is 124 Å². The molecule has 5 aliphatic rings. The van der Waals surface area contributed by atoms with Crippen molar-refractivity contribution in [1.82, 2.24) is 53.2 Å². The summed E-state index contributed by atoms with van der Waals surface area (Å²) in [6.45, 7) is 12.1. The molecule has 4 aliphatic heterocycles. The summed E-state index contributed by atoms with van der Waals surface area (Å²) in [5.74, 6) is -26.3. The standard InChI is InChI=1S/C69H99N11O27/c1-26(2)36-21-40(84)39(25-81)78-64(98)38(77-67(101)49(68(102)103)80-65(99)41(85)24-75-66(100)46(34(10)82)73-22-37(76-63(36)97)53(89)56(92)60(70)94)23-74-62(96)33(9)71-18-19-72-47-48-55(91)44-43(54(47)90)45-58(32(8)52(44)88)107-69(12,59(45)93)105-20-17-42(104-13)29(5)57(106-35(11)83)31(7)51(87)30(6)50(86)27(3)15-14-16-28(4)61(95)79-48/h14-17,20,26-27,29-31,33-34,36-39,41-42,46,49-51,53,56-57,71-73,81-82,85-89,92H,18-19,21-25H2,1-13H3,(H2,70,94)(H,74,96)(H,75,100)(H,76,97)(H,77,101)(H,78,98)(H,79,95)(H,80,99)(H,102,103)/b15-14+,20-17+,28-16-/t27-,29+,30+,31+,33?,34?,36?,37?,38?,39?,41?,42-,46?,49?,50-,51+,53?,56?,57+,69-/m0/s1. The molecule has 1 saturated heterocycles. The van der Waals surface area contributed by atoms with E-state index in [1.807, 2.05) is 5.32 Å². The van der Waals surface area contributed by atoms with Crippen molar-refractivity contribution in [3.05, 3.63) is 69.8 Å². The average Bonchev–Trinajstić information content (AvgIpc) is 1.61. The van der Waals surface area contributed by atoms with Crippen molar-refractivity contribution < 1.29 is 132 Å². The molecular formula is C69H99N11O27. The van der Waals surface area contributed by atoms with Gasteiger partial charge in [0.15, 0.2) is 11.9 Å². The Labute approximate surface area is 614 Å².